The monoisotopic (exact) mass is 507 g/mol. The number of likely N-dealkylation sites (tertiary alicyclic amines) is 1. The molecule has 11 heteroatoms. The molecule has 2 aromatic carbocycles. The van der Waals surface area contributed by atoms with Gasteiger partial charge in [0.25, 0.3) is 11.5 Å². The molecule has 3 aromatic rings. The number of halogens is 3. The van der Waals surface area contributed by atoms with E-state index in [1.807, 2.05) is 59.5 Å². The van der Waals surface area contributed by atoms with Crippen LogP contribution in [0.2, 0.25) is 0 Å². The second-order valence-electron chi connectivity index (χ2n) is 8.78. The summed E-state index contributed by atoms with van der Waals surface area (Å²) >= 11 is 1.38. The standard InChI is InChI=1S/C22H23N3O2S.C2HF3O2/c26-20-17-8-4-5-9-18(17)28-25(20)19(16-6-2-1-3-7-16)21(27)24-14-22(15-24)10-12-23-13-11-22;3-2(4,5)1(6)7/h1-9,19,23H,10-15H2;(H,6,7). The topological polar surface area (TPSA) is 91.6 Å². The van der Waals surface area contributed by atoms with Gasteiger partial charge in [-0.2, -0.15) is 13.2 Å². The molecule has 3 heterocycles. The van der Waals surface area contributed by atoms with Gasteiger partial charge in [-0.05, 0) is 43.6 Å². The number of hydrogen-bond donors (Lipinski definition) is 2. The van der Waals surface area contributed by atoms with Crippen molar-refractivity contribution in [3.8, 4) is 0 Å². The van der Waals surface area contributed by atoms with Crippen LogP contribution in [0.1, 0.15) is 24.4 Å². The highest BCUT2D eigenvalue weighted by molar-refractivity contribution is 7.14. The molecule has 5 rings (SSSR count). The summed E-state index contributed by atoms with van der Waals surface area (Å²) in [7, 11) is 0. The van der Waals surface area contributed by atoms with Crippen LogP contribution in [-0.2, 0) is 9.59 Å². The highest BCUT2D eigenvalue weighted by Crippen LogP contribution is 2.40. The highest BCUT2D eigenvalue weighted by atomic mass is 32.1. The summed E-state index contributed by atoms with van der Waals surface area (Å²) in [6, 6.07) is 16.7. The summed E-state index contributed by atoms with van der Waals surface area (Å²) < 4.78 is 34.3. The lowest BCUT2D eigenvalue weighted by molar-refractivity contribution is -0.192. The van der Waals surface area contributed by atoms with Crippen molar-refractivity contribution in [3.63, 3.8) is 0 Å². The number of benzene rings is 2. The molecule has 1 amide bonds. The predicted molar refractivity (Wildman–Crippen MR) is 125 cm³/mol. The normalized spacial score (nSPS) is 17.9. The van der Waals surface area contributed by atoms with Gasteiger partial charge in [-0.25, -0.2) is 8.75 Å². The van der Waals surface area contributed by atoms with Crippen LogP contribution in [0.15, 0.2) is 59.4 Å². The van der Waals surface area contributed by atoms with Crippen molar-refractivity contribution in [3.05, 3.63) is 70.5 Å². The molecular formula is C24H24F3N3O4S. The second-order valence-corrected chi connectivity index (χ2v) is 9.79. The Morgan fingerprint density at radius 2 is 1.57 bits per heavy atom. The quantitative estimate of drug-likeness (QED) is 0.566. The van der Waals surface area contributed by atoms with E-state index in [4.69, 9.17) is 9.90 Å². The molecule has 2 aliphatic rings. The van der Waals surface area contributed by atoms with E-state index in [-0.39, 0.29) is 16.9 Å². The third-order valence-corrected chi connectivity index (χ3v) is 7.50. The second kappa shape index (κ2) is 9.82. The van der Waals surface area contributed by atoms with Gasteiger partial charge < -0.3 is 15.3 Å². The molecule has 1 unspecified atom stereocenters. The maximum absolute atomic E-state index is 13.5. The van der Waals surface area contributed by atoms with E-state index in [0.29, 0.717) is 5.39 Å². The van der Waals surface area contributed by atoms with E-state index in [1.165, 1.54) is 11.5 Å². The fourth-order valence-electron chi connectivity index (χ4n) is 4.54. The number of carbonyl (C=O) groups is 2. The number of carbonyl (C=O) groups excluding carboxylic acids is 1. The van der Waals surface area contributed by atoms with Gasteiger partial charge in [0.15, 0.2) is 6.04 Å². The molecule has 1 spiro atoms. The summed E-state index contributed by atoms with van der Waals surface area (Å²) in [5, 5.41) is 11.2. The van der Waals surface area contributed by atoms with Gasteiger partial charge >= 0.3 is 12.1 Å². The molecule has 1 atom stereocenters. The molecule has 2 aliphatic heterocycles. The van der Waals surface area contributed by atoms with Gasteiger partial charge in [-0.1, -0.05) is 54.0 Å². The lowest BCUT2D eigenvalue weighted by Gasteiger charge is -2.53. The fraction of sp³-hybridized carbons (Fsp3) is 0.375. The number of carboxylic acid groups (broad SMARTS) is 1. The van der Waals surface area contributed by atoms with E-state index in [9.17, 15) is 22.8 Å². The van der Waals surface area contributed by atoms with E-state index < -0.39 is 18.2 Å². The highest BCUT2D eigenvalue weighted by Gasteiger charge is 2.47. The van der Waals surface area contributed by atoms with Crippen molar-refractivity contribution in [1.29, 1.82) is 0 Å². The molecule has 0 radical (unpaired) electrons. The summed E-state index contributed by atoms with van der Waals surface area (Å²) in [5.41, 5.74) is 1.06. The smallest absolute Gasteiger partial charge is 0.475 e. The Bertz CT molecular complexity index is 1260. The molecule has 7 nitrogen and oxygen atoms in total. The average Bonchev–Trinajstić information content (AvgIpc) is 3.15. The number of aromatic nitrogens is 1. The minimum Gasteiger partial charge on any atom is -0.475 e. The largest absolute Gasteiger partial charge is 0.490 e. The van der Waals surface area contributed by atoms with Crippen molar-refractivity contribution < 1.29 is 27.9 Å². The van der Waals surface area contributed by atoms with Gasteiger partial charge in [0.05, 0.1) is 10.1 Å². The summed E-state index contributed by atoms with van der Waals surface area (Å²) in [5.74, 6) is -2.73. The van der Waals surface area contributed by atoms with Crippen molar-refractivity contribution >= 4 is 33.5 Å². The third-order valence-electron chi connectivity index (χ3n) is 6.37. The SMILES string of the molecule is O=C(C(c1ccccc1)n1sc2ccccc2c1=O)N1CC2(CCNCC2)C1.O=C(O)C(F)(F)F. The number of nitrogens with zero attached hydrogens (tertiary/aromatic N) is 2. The van der Waals surface area contributed by atoms with Gasteiger partial charge in [0.1, 0.15) is 0 Å². The Hall–Kier alpha value is -3.18. The number of aliphatic carboxylic acids is 1. The Morgan fingerprint density at radius 3 is 2.14 bits per heavy atom. The average molecular weight is 508 g/mol. The Morgan fingerprint density at radius 1 is 1.00 bits per heavy atom. The zero-order valence-corrected chi connectivity index (χ0v) is 19.4. The van der Waals surface area contributed by atoms with E-state index in [1.54, 1.807) is 3.96 Å². The minimum atomic E-state index is -5.08. The number of alkyl halides is 3. The number of hydrogen-bond acceptors (Lipinski definition) is 5. The molecule has 0 saturated carbocycles. The Kier molecular flexibility index (Phi) is 7.00. The lowest BCUT2D eigenvalue weighted by Crippen LogP contribution is -2.62. The number of amides is 1. The van der Waals surface area contributed by atoms with Crippen molar-refractivity contribution in [1.82, 2.24) is 14.2 Å². The number of carboxylic acids is 1. The maximum atomic E-state index is 13.5. The molecule has 186 valence electrons. The van der Waals surface area contributed by atoms with Crippen molar-refractivity contribution in [2.45, 2.75) is 25.1 Å². The predicted octanol–water partition coefficient (Wildman–Crippen LogP) is 3.50. The molecule has 35 heavy (non-hydrogen) atoms. The van der Waals surface area contributed by atoms with Crippen LogP contribution >= 0.6 is 11.5 Å². The molecule has 0 aliphatic carbocycles. The first-order valence-corrected chi connectivity index (χ1v) is 11.8. The van der Waals surface area contributed by atoms with Crippen LogP contribution in [0.5, 0.6) is 0 Å². The Labute approximate surface area is 202 Å². The van der Waals surface area contributed by atoms with Gasteiger partial charge in [-0.15, -0.1) is 0 Å². The number of nitrogens with one attached hydrogen (secondary N) is 1. The lowest BCUT2D eigenvalue weighted by atomic mass is 9.72. The molecule has 2 N–H and O–H groups in total. The van der Waals surface area contributed by atoms with Gasteiger partial charge in [0.2, 0.25) is 0 Å². The van der Waals surface area contributed by atoms with Crippen LogP contribution in [0.4, 0.5) is 13.2 Å². The zero-order chi connectivity index (χ0) is 25.2. The molecule has 2 fully saturated rings. The van der Waals surface area contributed by atoms with Gasteiger partial charge in [0, 0.05) is 18.5 Å². The first-order chi connectivity index (χ1) is 16.6. The maximum Gasteiger partial charge on any atom is 0.490 e. The van der Waals surface area contributed by atoms with E-state index >= 15 is 0 Å². The first-order valence-electron chi connectivity index (χ1n) is 11.1. The molecule has 1 aromatic heterocycles. The van der Waals surface area contributed by atoms with Crippen LogP contribution in [0.3, 0.4) is 0 Å². The fourth-order valence-corrected chi connectivity index (χ4v) is 5.64. The third kappa shape index (κ3) is 5.25. The van der Waals surface area contributed by atoms with Crippen LogP contribution in [0, 0.1) is 5.41 Å². The number of piperidine rings is 1. The molecule has 2 saturated heterocycles. The first kappa shape index (κ1) is 24.9. The van der Waals surface area contributed by atoms with Crippen molar-refractivity contribution in [2.75, 3.05) is 26.2 Å². The number of rotatable bonds is 3. The summed E-state index contributed by atoms with van der Waals surface area (Å²) in [6.45, 7) is 3.66. The van der Waals surface area contributed by atoms with Gasteiger partial charge in [-0.3, -0.25) is 9.59 Å². The van der Waals surface area contributed by atoms with E-state index in [2.05, 4.69) is 5.32 Å². The van der Waals surface area contributed by atoms with Crippen LogP contribution < -0.4 is 10.9 Å². The molecule has 0 bridgehead atoms. The van der Waals surface area contributed by atoms with E-state index in [0.717, 1.165) is 49.3 Å². The summed E-state index contributed by atoms with van der Waals surface area (Å²) in [6.07, 6.45) is -2.84. The molecular weight excluding hydrogens is 483 g/mol. The zero-order valence-electron chi connectivity index (χ0n) is 18.6. The van der Waals surface area contributed by atoms with Crippen molar-refractivity contribution in [2.24, 2.45) is 5.41 Å². The minimum absolute atomic E-state index is 0.0315. The van der Waals surface area contributed by atoms with Crippen LogP contribution in [0.25, 0.3) is 10.1 Å². The summed E-state index contributed by atoms with van der Waals surface area (Å²) in [4.78, 5) is 37.4. The number of fused-ring (bicyclic) bond motifs is 1. The Balaban J connectivity index is 0.000000364. The van der Waals surface area contributed by atoms with Crippen LogP contribution in [-0.4, -0.2) is 58.2 Å².